The highest BCUT2D eigenvalue weighted by atomic mass is 32.2. The van der Waals surface area contributed by atoms with Crippen LogP contribution in [0.1, 0.15) is 26.7 Å². The van der Waals surface area contributed by atoms with E-state index in [1.54, 1.807) is 6.26 Å². The van der Waals surface area contributed by atoms with Crippen LogP contribution in [-0.2, 0) is 9.71 Å². The van der Waals surface area contributed by atoms with Gasteiger partial charge >= 0.3 is 0 Å². The van der Waals surface area contributed by atoms with Crippen molar-refractivity contribution in [2.24, 2.45) is 0 Å². The summed E-state index contributed by atoms with van der Waals surface area (Å²) in [5.74, 6) is 3.71. The number of nitrogens with one attached hydrogen (secondary N) is 1. The van der Waals surface area contributed by atoms with Crippen molar-refractivity contribution in [2.45, 2.75) is 38.8 Å². The maximum absolute atomic E-state index is 11.7. The Morgan fingerprint density at radius 2 is 1.93 bits per heavy atom. The van der Waals surface area contributed by atoms with Gasteiger partial charge < -0.3 is 5.32 Å². The molecule has 0 aliphatic carbocycles. The Morgan fingerprint density at radius 3 is 2.29 bits per heavy atom. The van der Waals surface area contributed by atoms with E-state index in [1.807, 2.05) is 4.31 Å². The summed E-state index contributed by atoms with van der Waals surface area (Å²) >= 11 is 0. The summed E-state index contributed by atoms with van der Waals surface area (Å²) < 4.78 is 13.7. The lowest BCUT2D eigenvalue weighted by Gasteiger charge is -2.33. The molecular formula is C10H22N2OS. The van der Waals surface area contributed by atoms with Gasteiger partial charge in [-0.05, 0) is 18.7 Å². The van der Waals surface area contributed by atoms with E-state index in [1.165, 1.54) is 0 Å². The third kappa shape index (κ3) is 3.59. The van der Waals surface area contributed by atoms with E-state index in [4.69, 9.17) is 0 Å². The monoisotopic (exact) mass is 218 g/mol. The quantitative estimate of drug-likeness (QED) is 0.708. The van der Waals surface area contributed by atoms with Gasteiger partial charge in [0.05, 0.1) is 0 Å². The summed E-state index contributed by atoms with van der Waals surface area (Å²) in [5.41, 5.74) is 0. The van der Waals surface area contributed by atoms with Gasteiger partial charge in [-0.15, -0.1) is 0 Å². The van der Waals surface area contributed by atoms with Crippen LogP contribution < -0.4 is 5.32 Å². The fraction of sp³-hybridized carbons (Fsp3) is 0.900. The Bertz CT molecular complexity index is 264. The SMILES string of the molecule is C=S(C)(=O)N1CCC(NC(C)C)CC1. The van der Waals surface area contributed by atoms with Crippen LogP contribution in [0.15, 0.2) is 0 Å². The van der Waals surface area contributed by atoms with Crippen LogP contribution in [0.4, 0.5) is 0 Å². The fourth-order valence-electron chi connectivity index (χ4n) is 1.88. The summed E-state index contributed by atoms with van der Waals surface area (Å²) in [4.78, 5) is 0. The van der Waals surface area contributed by atoms with E-state index in [0.717, 1.165) is 25.9 Å². The highest BCUT2D eigenvalue weighted by Crippen LogP contribution is 2.13. The van der Waals surface area contributed by atoms with Gasteiger partial charge in [-0.2, -0.15) is 0 Å². The predicted octanol–water partition coefficient (Wildman–Crippen LogP) is 0.710. The molecular weight excluding hydrogens is 196 g/mol. The van der Waals surface area contributed by atoms with Crippen molar-refractivity contribution in [3.8, 4) is 0 Å². The van der Waals surface area contributed by atoms with E-state index in [9.17, 15) is 4.21 Å². The Labute approximate surface area is 88.0 Å². The molecule has 1 N–H and O–H groups in total. The fourth-order valence-corrected chi connectivity index (χ4v) is 2.86. The molecule has 1 fully saturated rings. The molecule has 0 bridgehead atoms. The number of hydrogen-bond donors (Lipinski definition) is 1. The maximum atomic E-state index is 11.7. The Morgan fingerprint density at radius 1 is 1.43 bits per heavy atom. The average Bonchev–Trinajstić information content (AvgIpc) is 2.02. The van der Waals surface area contributed by atoms with Crippen molar-refractivity contribution in [3.05, 3.63) is 0 Å². The van der Waals surface area contributed by atoms with Gasteiger partial charge in [0.1, 0.15) is 0 Å². The molecule has 0 amide bonds. The van der Waals surface area contributed by atoms with Crippen LogP contribution in [0.25, 0.3) is 0 Å². The molecule has 0 saturated carbocycles. The summed E-state index contributed by atoms with van der Waals surface area (Å²) in [5, 5.41) is 3.51. The molecule has 0 aromatic carbocycles. The van der Waals surface area contributed by atoms with Crippen LogP contribution >= 0.6 is 0 Å². The first-order valence-electron chi connectivity index (χ1n) is 5.23. The Balaban J connectivity index is 2.39. The number of nitrogens with zero attached hydrogens (tertiary/aromatic N) is 1. The molecule has 1 saturated heterocycles. The molecule has 3 nitrogen and oxygen atoms in total. The Kier molecular flexibility index (Phi) is 3.98. The second kappa shape index (κ2) is 4.64. The molecule has 1 heterocycles. The summed E-state index contributed by atoms with van der Waals surface area (Å²) in [6.45, 7) is 6.14. The molecule has 84 valence electrons. The molecule has 0 radical (unpaired) electrons. The molecule has 1 atom stereocenters. The van der Waals surface area contributed by atoms with Crippen LogP contribution in [0.5, 0.6) is 0 Å². The standard InChI is InChI=1S/C10H22N2OS/c1-9(2)11-10-5-7-12(8-6-10)14(3,4)13/h9-11H,3,5-8H2,1-2,4H3. The van der Waals surface area contributed by atoms with Gasteiger partial charge in [0.25, 0.3) is 0 Å². The summed E-state index contributed by atoms with van der Waals surface area (Å²) in [7, 11) is -1.97. The minimum Gasteiger partial charge on any atom is -0.312 e. The molecule has 0 aromatic rings. The van der Waals surface area contributed by atoms with E-state index in [0.29, 0.717) is 12.1 Å². The molecule has 14 heavy (non-hydrogen) atoms. The maximum Gasteiger partial charge on any atom is 0.0245 e. The highest BCUT2D eigenvalue weighted by molar-refractivity contribution is 7.97. The van der Waals surface area contributed by atoms with Crippen LogP contribution in [0.2, 0.25) is 0 Å². The number of rotatable bonds is 3. The lowest BCUT2D eigenvalue weighted by Crippen LogP contribution is -2.46. The van der Waals surface area contributed by atoms with E-state index in [-0.39, 0.29) is 0 Å². The Hall–Kier alpha value is -0.0600. The van der Waals surface area contributed by atoms with Crippen molar-refractivity contribution in [3.63, 3.8) is 0 Å². The van der Waals surface area contributed by atoms with Crippen molar-refractivity contribution < 1.29 is 4.21 Å². The molecule has 1 aliphatic rings. The van der Waals surface area contributed by atoms with Gasteiger partial charge in [0, 0.05) is 41.1 Å². The normalized spacial score (nSPS) is 25.1. The van der Waals surface area contributed by atoms with Crippen molar-refractivity contribution in [1.82, 2.24) is 9.62 Å². The van der Waals surface area contributed by atoms with Crippen molar-refractivity contribution in [1.29, 1.82) is 0 Å². The largest absolute Gasteiger partial charge is 0.312 e. The smallest absolute Gasteiger partial charge is 0.0245 e. The van der Waals surface area contributed by atoms with E-state index >= 15 is 0 Å². The summed E-state index contributed by atoms with van der Waals surface area (Å²) in [6.07, 6.45) is 3.89. The molecule has 1 aliphatic heterocycles. The molecule has 1 unspecified atom stereocenters. The lowest BCUT2D eigenvalue weighted by molar-refractivity contribution is 0.289. The average molecular weight is 218 g/mol. The van der Waals surface area contributed by atoms with E-state index < -0.39 is 9.71 Å². The molecule has 1 rings (SSSR count). The molecule has 4 heteroatoms. The zero-order valence-electron chi connectivity index (χ0n) is 9.45. The van der Waals surface area contributed by atoms with Gasteiger partial charge in [-0.3, -0.25) is 4.21 Å². The molecule has 0 aromatic heterocycles. The number of hydrogen-bond acceptors (Lipinski definition) is 2. The van der Waals surface area contributed by atoms with Crippen LogP contribution in [-0.4, -0.2) is 45.8 Å². The summed E-state index contributed by atoms with van der Waals surface area (Å²) in [6, 6.07) is 1.13. The van der Waals surface area contributed by atoms with Crippen LogP contribution in [0.3, 0.4) is 0 Å². The van der Waals surface area contributed by atoms with Crippen molar-refractivity contribution >= 4 is 15.6 Å². The zero-order valence-corrected chi connectivity index (χ0v) is 10.3. The first-order valence-corrected chi connectivity index (χ1v) is 7.32. The third-order valence-electron chi connectivity index (χ3n) is 2.57. The second-order valence-electron chi connectivity index (χ2n) is 4.48. The van der Waals surface area contributed by atoms with Gasteiger partial charge in [0.15, 0.2) is 0 Å². The molecule has 0 spiro atoms. The highest BCUT2D eigenvalue weighted by Gasteiger charge is 2.21. The minimum atomic E-state index is -1.97. The first-order chi connectivity index (χ1) is 6.39. The van der Waals surface area contributed by atoms with Crippen LogP contribution in [0, 0.1) is 0 Å². The topological polar surface area (TPSA) is 32.3 Å². The third-order valence-corrected chi connectivity index (χ3v) is 4.03. The lowest BCUT2D eigenvalue weighted by atomic mass is 10.1. The first kappa shape index (κ1) is 12.0. The van der Waals surface area contributed by atoms with Gasteiger partial charge in [-0.25, -0.2) is 4.31 Å². The minimum absolute atomic E-state index is 0.539. The number of piperidine rings is 1. The second-order valence-corrected chi connectivity index (χ2v) is 6.92. The van der Waals surface area contributed by atoms with Crippen molar-refractivity contribution in [2.75, 3.05) is 19.3 Å². The van der Waals surface area contributed by atoms with E-state index in [2.05, 4.69) is 25.0 Å². The zero-order chi connectivity index (χ0) is 10.8. The van der Waals surface area contributed by atoms with Gasteiger partial charge in [-0.1, -0.05) is 13.8 Å². The predicted molar refractivity (Wildman–Crippen MR) is 64.1 cm³/mol. The van der Waals surface area contributed by atoms with Gasteiger partial charge in [0.2, 0.25) is 0 Å².